The van der Waals surface area contributed by atoms with Crippen LogP contribution in [0.4, 0.5) is 11.6 Å². The number of anilines is 2. The van der Waals surface area contributed by atoms with Gasteiger partial charge in [-0.15, -0.1) is 0 Å². The van der Waals surface area contributed by atoms with Crippen LogP contribution in [0.15, 0.2) is 11.2 Å². The molecule has 3 fully saturated rings. The fraction of sp³-hybridized carbons (Fsp3) is 0.667. The first-order valence-electron chi connectivity index (χ1n) is 7.98. The second-order valence-electron chi connectivity index (χ2n) is 6.02. The fourth-order valence-corrected chi connectivity index (χ4v) is 3.94. The SMILES string of the molecule is CCCCSc1nc(N)cc(N2C[C@H]3CC[C@@H](C2)C(=O)N3)n1. The van der Waals surface area contributed by atoms with Gasteiger partial charge in [-0.2, -0.15) is 0 Å². The minimum absolute atomic E-state index is 0.0612. The third-order valence-electron chi connectivity index (χ3n) is 4.23. The van der Waals surface area contributed by atoms with Gasteiger partial charge in [-0.1, -0.05) is 25.1 Å². The van der Waals surface area contributed by atoms with E-state index in [9.17, 15) is 4.79 Å². The number of hydrogen-bond acceptors (Lipinski definition) is 6. The van der Waals surface area contributed by atoms with Crippen LogP contribution in [-0.2, 0) is 4.79 Å². The molecule has 7 heteroatoms. The molecule has 0 radical (unpaired) electrons. The zero-order valence-electron chi connectivity index (χ0n) is 12.9. The minimum atomic E-state index is 0.0612. The van der Waals surface area contributed by atoms with E-state index in [-0.39, 0.29) is 17.9 Å². The summed E-state index contributed by atoms with van der Waals surface area (Å²) in [4.78, 5) is 23.1. The molecule has 1 aromatic heterocycles. The van der Waals surface area contributed by atoms with Crippen LogP contribution in [0.5, 0.6) is 0 Å². The lowest BCUT2D eigenvalue weighted by atomic mass is 9.96. The molecule has 1 amide bonds. The van der Waals surface area contributed by atoms with Gasteiger partial charge in [0, 0.05) is 31.0 Å². The zero-order valence-corrected chi connectivity index (χ0v) is 13.7. The van der Waals surface area contributed by atoms with Crippen molar-refractivity contribution in [2.75, 3.05) is 29.5 Å². The highest BCUT2D eigenvalue weighted by Crippen LogP contribution is 2.28. The van der Waals surface area contributed by atoms with Gasteiger partial charge in [-0.05, 0) is 19.3 Å². The molecule has 0 aliphatic carbocycles. The van der Waals surface area contributed by atoms with Gasteiger partial charge in [0.15, 0.2) is 5.16 Å². The number of nitrogens with zero attached hydrogens (tertiary/aromatic N) is 3. The first-order valence-corrected chi connectivity index (χ1v) is 8.97. The maximum absolute atomic E-state index is 12.0. The average Bonchev–Trinajstić information content (AvgIpc) is 2.78. The van der Waals surface area contributed by atoms with E-state index in [2.05, 4.69) is 27.1 Å². The summed E-state index contributed by atoms with van der Waals surface area (Å²) >= 11 is 1.65. The van der Waals surface area contributed by atoms with Gasteiger partial charge in [-0.25, -0.2) is 9.97 Å². The Bertz CT molecular complexity index is 553. The van der Waals surface area contributed by atoms with E-state index < -0.39 is 0 Å². The number of aromatic nitrogens is 2. The van der Waals surface area contributed by atoms with Gasteiger partial charge >= 0.3 is 0 Å². The van der Waals surface area contributed by atoms with E-state index in [1.54, 1.807) is 11.8 Å². The molecule has 0 saturated carbocycles. The Hall–Kier alpha value is -1.50. The monoisotopic (exact) mass is 321 g/mol. The number of carbonyl (C=O) groups excluding carboxylic acids is 1. The number of nitrogen functional groups attached to an aromatic ring is 1. The molecule has 2 bridgehead atoms. The molecule has 120 valence electrons. The van der Waals surface area contributed by atoms with E-state index in [1.807, 2.05) is 6.07 Å². The van der Waals surface area contributed by atoms with Gasteiger partial charge in [0.25, 0.3) is 0 Å². The Morgan fingerprint density at radius 2 is 2.27 bits per heavy atom. The molecule has 4 rings (SSSR count). The fourth-order valence-electron chi connectivity index (χ4n) is 2.99. The van der Waals surface area contributed by atoms with Crippen molar-refractivity contribution in [2.45, 2.75) is 43.8 Å². The number of unbranched alkanes of at least 4 members (excludes halogenated alkanes) is 1. The molecule has 1 aromatic rings. The van der Waals surface area contributed by atoms with Crippen LogP contribution in [0.3, 0.4) is 0 Å². The summed E-state index contributed by atoms with van der Waals surface area (Å²) in [6.07, 6.45) is 4.31. The summed E-state index contributed by atoms with van der Waals surface area (Å²) in [5, 5.41) is 3.82. The van der Waals surface area contributed by atoms with Gasteiger partial charge in [0.2, 0.25) is 5.91 Å². The van der Waals surface area contributed by atoms with Crippen molar-refractivity contribution in [2.24, 2.45) is 5.92 Å². The van der Waals surface area contributed by atoms with E-state index >= 15 is 0 Å². The molecular weight excluding hydrogens is 298 g/mol. The summed E-state index contributed by atoms with van der Waals surface area (Å²) in [7, 11) is 0. The van der Waals surface area contributed by atoms with Crippen LogP contribution in [0.1, 0.15) is 32.6 Å². The summed E-state index contributed by atoms with van der Waals surface area (Å²) < 4.78 is 0. The van der Waals surface area contributed by atoms with Crippen LogP contribution in [0.2, 0.25) is 0 Å². The summed E-state index contributed by atoms with van der Waals surface area (Å²) in [6, 6.07) is 2.04. The highest BCUT2D eigenvalue weighted by atomic mass is 32.2. The summed E-state index contributed by atoms with van der Waals surface area (Å²) in [6.45, 7) is 3.69. The first-order chi connectivity index (χ1) is 10.7. The summed E-state index contributed by atoms with van der Waals surface area (Å²) in [5.41, 5.74) is 5.95. The van der Waals surface area contributed by atoms with Gasteiger partial charge in [-0.3, -0.25) is 4.79 Å². The predicted molar refractivity (Wildman–Crippen MR) is 88.9 cm³/mol. The number of thioether (sulfide) groups is 1. The number of nitrogens with one attached hydrogen (secondary N) is 1. The number of hydrogen-bond donors (Lipinski definition) is 2. The lowest BCUT2D eigenvalue weighted by Crippen LogP contribution is -2.43. The third-order valence-corrected chi connectivity index (χ3v) is 5.16. The standard InChI is InChI=1S/C15H23N5OS/c1-2-3-6-22-15-18-12(16)7-13(19-15)20-8-10-4-5-11(9-20)17-14(10)21/h7,10-11H,2-6,8-9H2,1H3,(H,17,21)(H2,16,18,19)/t10-,11+/m0/s1. The number of carbonyl (C=O) groups is 1. The molecule has 6 nitrogen and oxygen atoms in total. The van der Waals surface area contributed by atoms with Gasteiger partial charge in [0.1, 0.15) is 11.6 Å². The molecule has 0 aromatic carbocycles. The number of piperidine rings is 1. The van der Waals surface area contributed by atoms with E-state index in [4.69, 9.17) is 5.73 Å². The Kier molecular flexibility index (Phi) is 4.71. The van der Waals surface area contributed by atoms with E-state index in [0.717, 1.165) is 55.5 Å². The van der Waals surface area contributed by atoms with Crippen molar-refractivity contribution in [3.05, 3.63) is 6.07 Å². The normalized spacial score (nSPS) is 24.2. The molecule has 3 aliphatic rings. The molecule has 0 spiro atoms. The largest absolute Gasteiger partial charge is 0.383 e. The van der Waals surface area contributed by atoms with Crippen molar-refractivity contribution in [1.82, 2.24) is 15.3 Å². The Morgan fingerprint density at radius 1 is 1.41 bits per heavy atom. The zero-order chi connectivity index (χ0) is 15.5. The maximum atomic E-state index is 12.0. The molecule has 2 atom stereocenters. The number of nitrogens with two attached hydrogens (primary N) is 1. The number of amides is 1. The lowest BCUT2D eigenvalue weighted by molar-refractivity contribution is -0.126. The van der Waals surface area contributed by atoms with Crippen LogP contribution < -0.4 is 16.0 Å². The van der Waals surface area contributed by atoms with E-state index in [0.29, 0.717) is 5.82 Å². The second-order valence-corrected chi connectivity index (χ2v) is 7.08. The average molecular weight is 321 g/mol. The van der Waals surface area contributed by atoms with Crippen molar-refractivity contribution in [1.29, 1.82) is 0 Å². The number of fused-ring (bicyclic) bond motifs is 4. The predicted octanol–water partition coefficient (Wildman–Crippen LogP) is 1.67. The van der Waals surface area contributed by atoms with Crippen molar-refractivity contribution in [3.63, 3.8) is 0 Å². The molecule has 3 N–H and O–H groups in total. The maximum Gasteiger partial charge on any atom is 0.225 e. The Balaban J connectivity index is 1.77. The van der Waals surface area contributed by atoms with Crippen molar-refractivity contribution < 1.29 is 4.79 Å². The molecule has 3 aliphatic heterocycles. The second kappa shape index (κ2) is 6.73. The summed E-state index contributed by atoms with van der Waals surface area (Å²) in [5.74, 6) is 2.59. The highest BCUT2D eigenvalue weighted by molar-refractivity contribution is 7.99. The topological polar surface area (TPSA) is 84.1 Å². The van der Waals surface area contributed by atoms with Crippen LogP contribution >= 0.6 is 11.8 Å². The highest BCUT2D eigenvalue weighted by Gasteiger charge is 2.35. The lowest BCUT2D eigenvalue weighted by Gasteiger charge is -2.23. The Morgan fingerprint density at radius 3 is 3.05 bits per heavy atom. The third kappa shape index (κ3) is 3.45. The Labute approximate surface area is 135 Å². The van der Waals surface area contributed by atoms with Crippen molar-refractivity contribution in [3.8, 4) is 0 Å². The molecular formula is C15H23N5OS. The molecule has 4 heterocycles. The first kappa shape index (κ1) is 15.4. The smallest absolute Gasteiger partial charge is 0.225 e. The molecule has 0 unspecified atom stereocenters. The molecule has 22 heavy (non-hydrogen) atoms. The molecule has 3 saturated heterocycles. The van der Waals surface area contributed by atoms with Crippen LogP contribution in [0, 0.1) is 5.92 Å². The quantitative estimate of drug-likeness (QED) is 0.487. The van der Waals surface area contributed by atoms with Gasteiger partial charge in [0.05, 0.1) is 5.92 Å². The van der Waals surface area contributed by atoms with Gasteiger partial charge < -0.3 is 16.0 Å². The number of rotatable bonds is 5. The van der Waals surface area contributed by atoms with E-state index in [1.165, 1.54) is 0 Å². The van der Waals surface area contributed by atoms with Crippen LogP contribution in [-0.4, -0.2) is 40.8 Å². The van der Waals surface area contributed by atoms with Crippen molar-refractivity contribution >= 4 is 29.3 Å². The minimum Gasteiger partial charge on any atom is -0.383 e. The van der Waals surface area contributed by atoms with Crippen LogP contribution in [0.25, 0.3) is 0 Å².